The highest BCUT2D eigenvalue weighted by atomic mass is 16.2. The number of carbonyl (C=O) groups is 2. The Labute approximate surface area is 111 Å². The Morgan fingerprint density at radius 3 is 2.79 bits per heavy atom. The molecule has 0 spiro atoms. The molecule has 3 heteroatoms. The number of ketones is 2. The molecule has 1 aromatic carbocycles. The van der Waals surface area contributed by atoms with Crippen LogP contribution in [0.1, 0.15) is 41.7 Å². The highest BCUT2D eigenvalue weighted by Gasteiger charge is 2.59. The standard InChI is InChI=1S/C16H15NO2/c1-16-10(7-8-12(16)18)13-9-5-3-4-6-11(9)17(2)14(13)15(16)19/h3-6,10H,7-8H2,1-2H3/t10-,16+/m0/s1. The molecule has 96 valence electrons. The van der Waals surface area contributed by atoms with Crippen molar-refractivity contribution in [2.45, 2.75) is 25.7 Å². The summed E-state index contributed by atoms with van der Waals surface area (Å²) in [5, 5.41) is 1.14. The Morgan fingerprint density at radius 2 is 2.00 bits per heavy atom. The number of para-hydroxylation sites is 1. The molecular weight excluding hydrogens is 238 g/mol. The number of hydrogen-bond donors (Lipinski definition) is 0. The predicted octanol–water partition coefficient (Wildman–Crippen LogP) is 2.83. The molecule has 1 heterocycles. The minimum absolute atomic E-state index is 0.0219. The van der Waals surface area contributed by atoms with Gasteiger partial charge in [-0.3, -0.25) is 9.59 Å². The van der Waals surface area contributed by atoms with Gasteiger partial charge in [-0.25, -0.2) is 0 Å². The summed E-state index contributed by atoms with van der Waals surface area (Å²) < 4.78 is 1.96. The van der Waals surface area contributed by atoms with E-state index < -0.39 is 5.41 Å². The molecule has 3 nitrogen and oxygen atoms in total. The second kappa shape index (κ2) is 3.16. The second-order valence-electron chi connectivity index (χ2n) is 5.88. The number of aromatic nitrogens is 1. The third-order valence-electron chi connectivity index (χ3n) is 5.12. The van der Waals surface area contributed by atoms with E-state index in [1.807, 2.05) is 36.7 Å². The minimum Gasteiger partial charge on any atom is -0.341 e. The smallest absolute Gasteiger partial charge is 0.193 e. The summed E-state index contributed by atoms with van der Waals surface area (Å²) in [4.78, 5) is 24.9. The van der Waals surface area contributed by atoms with Crippen LogP contribution in [0.2, 0.25) is 0 Å². The van der Waals surface area contributed by atoms with Crippen LogP contribution in [0.4, 0.5) is 0 Å². The number of carbonyl (C=O) groups excluding carboxylic acids is 2. The lowest BCUT2D eigenvalue weighted by molar-refractivity contribution is -0.123. The summed E-state index contributed by atoms with van der Waals surface area (Å²) in [6, 6.07) is 8.09. The molecule has 0 unspecified atom stereocenters. The molecule has 0 bridgehead atoms. The van der Waals surface area contributed by atoms with Gasteiger partial charge < -0.3 is 4.57 Å². The zero-order chi connectivity index (χ0) is 13.4. The quantitative estimate of drug-likeness (QED) is 0.677. The van der Waals surface area contributed by atoms with E-state index in [0.717, 1.165) is 28.6 Å². The van der Waals surface area contributed by atoms with Gasteiger partial charge in [0.25, 0.3) is 0 Å². The highest BCUT2D eigenvalue weighted by molar-refractivity contribution is 6.21. The predicted molar refractivity (Wildman–Crippen MR) is 72.3 cm³/mol. The normalized spacial score (nSPS) is 29.1. The van der Waals surface area contributed by atoms with Gasteiger partial charge in [0, 0.05) is 30.3 Å². The van der Waals surface area contributed by atoms with Gasteiger partial charge in [-0.2, -0.15) is 0 Å². The molecule has 1 saturated carbocycles. The van der Waals surface area contributed by atoms with E-state index in [4.69, 9.17) is 0 Å². The fourth-order valence-corrected chi connectivity index (χ4v) is 4.03. The number of Topliss-reactive ketones (excluding diaryl/α,β-unsaturated/α-hetero) is 2. The molecule has 0 radical (unpaired) electrons. The molecule has 0 amide bonds. The molecule has 19 heavy (non-hydrogen) atoms. The number of hydrogen-bond acceptors (Lipinski definition) is 2. The monoisotopic (exact) mass is 253 g/mol. The summed E-state index contributed by atoms with van der Waals surface area (Å²) >= 11 is 0. The van der Waals surface area contributed by atoms with E-state index in [1.54, 1.807) is 0 Å². The Bertz CT molecular complexity index is 755. The van der Waals surface area contributed by atoms with Gasteiger partial charge in [-0.1, -0.05) is 18.2 Å². The van der Waals surface area contributed by atoms with E-state index in [2.05, 4.69) is 6.07 Å². The van der Waals surface area contributed by atoms with Crippen LogP contribution < -0.4 is 0 Å². The number of aryl methyl sites for hydroxylation is 1. The zero-order valence-electron chi connectivity index (χ0n) is 11.1. The Hall–Kier alpha value is -1.90. The van der Waals surface area contributed by atoms with Crippen LogP contribution in [-0.4, -0.2) is 16.1 Å². The molecular formula is C16H15NO2. The summed E-state index contributed by atoms with van der Waals surface area (Å²) in [7, 11) is 1.92. The van der Waals surface area contributed by atoms with Crippen molar-refractivity contribution in [1.29, 1.82) is 0 Å². The van der Waals surface area contributed by atoms with Crippen molar-refractivity contribution in [2.75, 3.05) is 0 Å². The lowest BCUT2D eigenvalue weighted by Gasteiger charge is -2.21. The first kappa shape index (κ1) is 11.0. The number of nitrogens with zero attached hydrogens (tertiary/aromatic N) is 1. The third kappa shape index (κ3) is 1.02. The van der Waals surface area contributed by atoms with Crippen LogP contribution in [0.25, 0.3) is 10.9 Å². The molecule has 4 rings (SSSR count). The van der Waals surface area contributed by atoms with E-state index >= 15 is 0 Å². The Kier molecular flexibility index (Phi) is 1.82. The number of benzene rings is 1. The van der Waals surface area contributed by atoms with Gasteiger partial charge in [-0.05, 0) is 25.0 Å². The molecule has 2 atom stereocenters. The largest absolute Gasteiger partial charge is 0.341 e. The van der Waals surface area contributed by atoms with Crippen LogP contribution in [0.15, 0.2) is 24.3 Å². The first-order valence-corrected chi connectivity index (χ1v) is 6.72. The van der Waals surface area contributed by atoms with Crippen LogP contribution in [0.5, 0.6) is 0 Å². The lowest BCUT2D eigenvalue weighted by Crippen LogP contribution is -2.32. The molecule has 2 aliphatic rings. The van der Waals surface area contributed by atoms with Crippen molar-refractivity contribution < 1.29 is 9.59 Å². The molecule has 2 aromatic rings. The number of fused-ring (bicyclic) bond motifs is 5. The minimum atomic E-state index is -0.799. The number of rotatable bonds is 0. The SMILES string of the molecule is Cn1c2c(c3ccccc31)[C@@H]1CCC(=O)[C@]1(C)C2=O. The summed E-state index contributed by atoms with van der Waals surface area (Å²) in [6.07, 6.45) is 1.34. The van der Waals surface area contributed by atoms with E-state index in [-0.39, 0.29) is 17.5 Å². The van der Waals surface area contributed by atoms with Gasteiger partial charge in [0.1, 0.15) is 5.78 Å². The lowest BCUT2D eigenvalue weighted by atomic mass is 9.79. The topological polar surface area (TPSA) is 39.1 Å². The summed E-state index contributed by atoms with van der Waals surface area (Å²) in [6.45, 7) is 1.84. The average Bonchev–Trinajstić information content (AvgIpc) is 2.94. The van der Waals surface area contributed by atoms with E-state index in [1.165, 1.54) is 0 Å². The van der Waals surface area contributed by atoms with Gasteiger partial charge in [0.05, 0.1) is 11.1 Å². The van der Waals surface area contributed by atoms with Gasteiger partial charge in [0.2, 0.25) is 0 Å². The highest BCUT2D eigenvalue weighted by Crippen LogP contribution is 2.57. The van der Waals surface area contributed by atoms with E-state index in [9.17, 15) is 9.59 Å². The maximum absolute atomic E-state index is 12.8. The summed E-state index contributed by atoms with van der Waals surface area (Å²) in [5.74, 6) is 0.213. The molecule has 2 aliphatic carbocycles. The molecule has 1 aromatic heterocycles. The molecule has 0 N–H and O–H groups in total. The fraction of sp³-hybridized carbons (Fsp3) is 0.375. The second-order valence-corrected chi connectivity index (χ2v) is 5.88. The van der Waals surface area contributed by atoms with Crippen molar-refractivity contribution in [3.63, 3.8) is 0 Å². The average molecular weight is 253 g/mol. The third-order valence-corrected chi connectivity index (χ3v) is 5.12. The van der Waals surface area contributed by atoms with Gasteiger partial charge in [0.15, 0.2) is 5.78 Å². The van der Waals surface area contributed by atoms with Crippen molar-refractivity contribution in [3.8, 4) is 0 Å². The zero-order valence-corrected chi connectivity index (χ0v) is 11.1. The first-order chi connectivity index (χ1) is 9.06. The van der Waals surface area contributed by atoms with Gasteiger partial charge >= 0.3 is 0 Å². The maximum atomic E-state index is 12.8. The van der Waals surface area contributed by atoms with Crippen molar-refractivity contribution in [2.24, 2.45) is 12.5 Å². The molecule has 0 aliphatic heterocycles. The Morgan fingerprint density at radius 1 is 1.26 bits per heavy atom. The van der Waals surface area contributed by atoms with Crippen molar-refractivity contribution in [1.82, 2.24) is 4.57 Å². The summed E-state index contributed by atoms with van der Waals surface area (Å²) in [5.41, 5.74) is 2.15. The van der Waals surface area contributed by atoms with Crippen LogP contribution in [0, 0.1) is 5.41 Å². The van der Waals surface area contributed by atoms with Crippen LogP contribution in [0.3, 0.4) is 0 Å². The van der Waals surface area contributed by atoms with E-state index in [0.29, 0.717) is 6.42 Å². The van der Waals surface area contributed by atoms with Crippen molar-refractivity contribution in [3.05, 3.63) is 35.5 Å². The maximum Gasteiger partial charge on any atom is 0.193 e. The van der Waals surface area contributed by atoms with Crippen LogP contribution in [-0.2, 0) is 11.8 Å². The molecule has 1 fully saturated rings. The Balaban J connectivity index is 2.13. The van der Waals surface area contributed by atoms with Crippen LogP contribution >= 0.6 is 0 Å². The fourth-order valence-electron chi connectivity index (χ4n) is 4.03. The molecule has 0 saturated heterocycles. The first-order valence-electron chi connectivity index (χ1n) is 6.72. The van der Waals surface area contributed by atoms with Gasteiger partial charge in [-0.15, -0.1) is 0 Å². The van der Waals surface area contributed by atoms with Crippen molar-refractivity contribution >= 4 is 22.5 Å².